The normalized spacial score (nSPS) is 11.2. The first-order valence-electron chi connectivity index (χ1n) is 8.18. The highest BCUT2D eigenvalue weighted by atomic mass is 16.6. The van der Waals surface area contributed by atoms with E-state index in [9.17, 15) is 19.2 Å². The minimum atomic E-state index is -1.10. The molecule has 0 aliphatic carbocycles. The van der Waals surface area contributed by atoms with Gasteiger partial charge >= 0.3 is 17.9 Å². The molecule has 0 aliphatic rings. The van der Waals surface area contributed by atoms with Crippen molar-refractivity contribution in [3.05, 3.63) is 35.9 Å². The number of esters is 3. The molecule has 1 N–H and O–H groups in total. The lowest BCUT2D eigenvalue weighted by molar-refractivity contribution is -0.166. The molecule has 0 radical (unpaired) electrons. The van der Waals surface area contributed by atoms with Gasteiger partial charge < -0.3 is 19.5 Å². The lowest BCUT2D eigenvalue weighted by Crippen LogP contribution is -2.33. The zero-order valence-corrected chi connectivity index (χ0v) is 14.9. The highest BCUT2D eigenvalue weighted by Crippen LogP contribution is 2.03. The minimum absolute atomic E-state index is 0.00680. The summed E-state index contributed by atoms with van der Waals surface area (Å²) >= 11 is 0. The van der Waals surface area contributed by atoms with Gasteiger partial charge in [0.05, 0.1) is 6.61 Å². The Balaban J connectivity index is 2.13. The molecule has 26 heavy (non-hydrogen) atoms. The van der Waals surface area contributed by atoms with E-state index in [1.807, 2.05) is 30.3 Å². The van der Waals surface area contributed by atoms with Gasteiger partial charge in [0.15, 0.2) is 6.10 Å². The third kappa shape index (κ3) is 9.41. The van der Waals surface area contributed by atoms with E-state index in [4.69, 9.17) is 14.2 Å². The first-order chi connectivity index (χ1) is 12.4. The number of hydrogen-bond acceptors (Lipinski definition) is 7. The summed E-state index contributed by atoms with van der Waals surface area (Å²) in [4.78, 5) is 45.3. The van der Waals surface area contributed by atoms with E-state index in [0.717, 1.165) is 5.56 Å². The third-order valence-electron chi connectivity index (χ3n) is 3.13. The maximum Gasteiger partial charge on any atom is 0.347 e. The fourth-order valence-electron chi connectivity index (χ4n) is 1.80. The first kappa shape index (κ1) is 21.1. The summed E-state index contributed by atoms with van der Waals surface area (Å²) in [5.41, 5.74) is 0.891. The summed E-state index contributed by atoms with van der Waals surface area (Å²) in [6.45, 7) is 2.51. The van der Waals surface area contributed by atoms with Crippen LogP contribution in [0.15, 0.2) is 30.3 Å². The molecular formula is C18H23NO7. The van der Waals surface area contributed by atoms with E-state index in [0.29, 0.717) is 6.42 Å². The summed E-state index contributed by atoms with van der Waals surface area (Å²) in [5, 5.41) is 2.26. The van der Waals surface area contributed by atoms with Gasteiger partial charge in [-0.1, -0.05) is 30.3 Å². The molecule has 8 heteroatoms. The summed E-state index contributed by atoms with van der Waals surface area (Å²) in [5.74, 6) is -2.23. The average molecular weight is 365 g/mol. The molecule has 0 aliphatic heterocycles. The molecule has 1 aromatic carbocycles. The van der Waals surface area contributed by atoms with Crippen molar-refractivity contribution in [1.82, 2.24) is 5.32 Å². The van der Waals surface area contributed by atoms with Crippen LogP contribution in [0.2, 0.25) is 0 Å². The van der Waals surface area contributed by atoms with Crippen molar-refractivity contribution < 1.29 is 33.4 Å². The van der Waals surface area contributed by atoms with Gasteiger partial charge in [-0.15, -0.1) is 0 Å². The number of carbonyl (C=O) groups is 4. The fraction of sp³-hybridized carbons (Fsp3) is 0.444. The molecule has 1 aromatic rings. The maximum absolute atomic E-state index is 11.7. The molecule has 0 bridgehead atoms. The van der Waals surface area contributed by atoms with Crippen molar-refractivity contribution in [3.63, 3.8) is 0 Å². The van der Waals surface area contributed by atoms with Crippen LogP contribution >= 0.6 is 0 Å². The Labute approximate surface area is 151 Å². The Kier molecular flexibility index (Phi) is 9.45. The molecule has 1 rings (SSSR count). The maximum atomic E-state index is 11.7. The molecule has 142 valence electrons. The van der Waals surface area contributed by atoms with E-state index < -0.39 is 18.0 Å². The fourth-order valence-corrected chi connectivity index (χ4v) is 1.80. The van der Waals surface area contributed by atoms with Gasteiger partial charge in [0.25, 0.3) is 0 Å². The van der Waals surface area contributed by atoms with Crippen LogP contribution < -0.4 is 5.32 Å². The number of carbonyl (C=O) groups excluding carboxylic acids is 4. The summed E-state index contributed by atoms with van der Waals surface area (Å²) in [7, 11) is 0. The molecule has 0 saturated heterocycles. The van der Waals surface area contributed by atoms with Crippen molar-refractivity contribution in [2.24, 2.45) is 0 Å². The molecular weight excluding hydrogens is 342 g/mol. The van der Waals surface area contributed by atoms with Crippen LogP contribution in [0, 0.1) is 0 Å². The van der Waals surface area contributed by atoms with Crippen LogP contribution in [0.3, 0.4) is 0 Å². The summed E-state index contributed by atoms with van der Waals surface area (Å²) in [6.07, 6.45) is -0.691. The van der Waals surface area contributed by atoms with Crippen LogP contribution in [0.25, 0.3) is 0 Å². The molecule has 0 fully saturated rings. The Hall–Kier alpha value is -2.90. The Bertz CT molecular complexity index is 615. The first-order valence-corrected chi connectivity index (χ1v) is 8.18. The summed E-state index contributed by atoms with van der Waals surface area (Å²) in [6, 6.07) is 9.28. The molecule has 1 unspecified atom stereocenters. The van der Waals surface area contributed by atoms with Gasteiger partial charge in [-0.3, -0.25) is 14.4 Å². The lowest BCUT2D eigenvalue weighted by atomic mass is 10.2. The Morgan fingerprint density at radius 1 is 1.04 bits per heavy atom. The molecule has 8 nitrogen and oxygen atoms in total. The van der Waals surface area contributed by atoms with Gasteiger partial charge in [0.2, 0.25) is 5.91 Å². The van der Waals surface area contributed by atoms with Crippen molar-refractivity contribution in [2.75, 3.05) is 13.2 Å². The number of amides is 1. The molecule has 0 spiro atoms. The highest BCUT2D eigenvalue weighted by Gasteiger charge is 2.19. The molecule has 0 aromatic heterocycles. The van der Waals surface area contributed by atoms with E-state index in [1.165, 1.54) is 13.8 Å². The Morgan fingerprint density at radius 2 is 1.73 bits per heavy atom. The number of ether oxygens (including phenoxy) is 3. The van der Waals surface area contributed by atoms with Crippen LogP contribution in [-0.4, -0.2) is 43.1 Å². The zero-order valence-electron chi connectivity index (χ0n) is 14.9. The quantitative estimate of drug-likeness (QED) is 0.376. The second kappa shape index (κ2) is 11.6. The topological polar surface area (TPSA) is 108 Å². The van der Waals surface area contributed by atoms with E-state index in [-0.39, 0.29) is 38.1 Å². The molecule has 1 atom stereocenters. The zero-order chi connectivity index (χ0) is 19.4. The van der Waals surface area contributed by atoms with Crippen molar-refractivity contribution >= 4 is 23.8 Å². The molecule has 0 saturated carbocycles. The number of hydrogen-bond donors (Lipinski definition) is 1. The highest BCUT2D eigenvalue weighted by molar-refractivity contribution is 5.83. The van der Waals surface area contributed by atoms with Gasteiger partial charge in [0.1, 0.15) is 13.2 Å². The van der Waals surface area contributed by atoms with Gasteiger partial charge in [-0.05, 0) is 18.9 Å². The lowest BCUT2D eigenvalue weighted by Gasteiger charge is -2.12. The number of nitrogens with one attached hydrogen (secondary N) is 1. The predicted molar refractivity (Wildman–Crippen MR) is 90.7 cm³/mol. The van der Waals surface area contributed by atoms with Crippen LogP contribution in [0.1, 0.15) is 32.3 Å². The van der Waals surface area contributed by atoms with Crippen molar-refractivity contribution in [1.29, 1.82) is 0 Å². The third-order valence-corrected chi connectivity index (χ3v) is 3.13. The number of rotatable bonds is 10. The molecule has 1 amide bonds. The second-order valence-electron chi connectivity index (χ2n) is 5.46. The van der Waals surface area contributed by atoms with Crippen molar-refractivity contribution in [2.45, 2.75) is 39.4 Å². The Morgan fingerprint density at radius 3 is 2.38 bits per heavy atom. The van der Waals surface area contributed by atoms with Crippen LogP contribution in [0.4, 0.5) is 0 Å². The van der Waals surface area contributed by atoms with E-state index in [1.54, 1.807) is 0 Å². The monoisotopic (exact) mass is 365 g/mol. The second-order valence-corrected chi connectivity index (χ2v) is 5.46. The number of benzene rings is 1. The smallest absolute Gasteiger partial charge is 0.347 e. The summed E-state index contributed by atoms with van der Waals surface area (Å²) < 4.78 is 14.8. The van der Waals surface area contributed by atoms with E-state index in [2.05, 4.69) is 5.32 Å². The van der Waals surface area contributed by atoms with Crippen LogP contribution in [-0.2, 0) is 40.0 Å². The van der Waals surface area contributed by atoms with Crippen LogP contribution in [0.5, 0.6) is 0 Å². The van der Waals surface area contributed by atoms with Gasteiger partial charge in [-0.2, -0.15) is 0 Å². The standard InChI is InChI=1S/C18H23NO7/c1-13(26-17(22)11-19-14(2)20)18(23)24-10-6-9-16(21)25-12-15-7-4-3-5-8-15/h3-5,7-8,13H,6,9-12H2,1-2H3,(H,19,20). The van der Waals surface area contributed by atoms with E-state index >= 15 is 0 Å². The largest absolute Gasteiger partial charge is 0.463 e. The van der Waals surface area contributed by atoms with Crippen molar-refractivity contribution in [3.8, 4) is 0 Å². The van der Waals surface area contributed by atoms with Gasteiger partial charge in [-0.25, -0.2) is 4.79 Å². The predicted octanol–water partition coefficient (Wildman–Crippen LogP) is 1.12. The van der Waals surface area contributed by atoms with Gasteiger partial charge in [0, 0.05) is 13.3 Å². The molecule has 0 heterocycles. The average Bonchev–Trinajstić information content (AvgIpc) is 2.62. The SMILES string of the molecule is CC(=O)NCC(=O)OC(C)C(=O)OCCCC(=O)OCc1ccccc1. The minimum Gasteiger partial charge on any atom is -0.463 e.